The fraction of sp³-hybridized carbons (Fsp3) is 0.500. The lowest BCUT2D eigenvalue weighted by Gasteiger charge is -2.35. The molecule has 1 aromatic rings. The van der Waals surface area contributed by atoms with Crippen LogP contribution in [0.1, 0.15) is 38.1 Å². The number of hydrogen-bond donors (Lipinski definition) is 1. The number of hydrogen-bond acceptors (Lipinski definition) is 2. The van der Waals surface area contributed by atoms with Crippen LogP contribution in [0.15, 0.2) is 18.2 Å². The number of nitrogens with two attached hydrogens (primary N) is 1. The van der Waals surface area contributed by atoms with Gasteiger partial charge in [0.15, 0.2) is 0 Å². The second-order valence-electron chi connectivity index (χ2n) is 5.69. The summed E-state index contributed by atoms with van der Waals surface area (Å²) in [6.07, 6.45) is 0. The van der Waals surface area contributed by atoms with Crippen molar-refractivity contribution < 1.29 is 4.79 Å². The van der Waals surface area contributed by atoms with Gasteiger partial charge in [-0.2, -0.15) is 0 Å². The van der Waals surface area contributed by atoms with E-state index in [9.17, 15) is 4.79 Å². The van der Waals surface area contributed by atoms with E-state index in [1.165, 1.54) is 0 Å². The minimum absolute atomic E-state index is 0.0374. The second kappa shape index (κ2) is 5.47. The Kier molecular flexibility index (Phi) is 4.64. The molecule has 1 amide bonds. The first kappa shape index (κ1) is 15.3. The SMILES string of the molecule is CC(N(C)C(=O)c1ccc(N)c(I)c1)C(C)(C)C. The summed E-state index contributed by atoms with van der Waals surface area (Å²) in [4.78, 5) is 14.2. The van der Waals surface area contributed by atoms with Crippen molar-refractivity contribution in [2.75, 3.05) is 12.8 Å². The number of nitrogen functional groups attached to an aromatic ring is 1. The number of amides is 1. The quantitative estimate of drug-likeness (QED) is 0.649. The molecule has 0 heterocycles. The fourth-order valence-electron chi connectivity index (χ4n) is 1.62. The van der Waals surface area contributed by atoms with E-state index in [2.05, 4.69) is 50.3 Å². The number of halogens is 1. The Bertz CT molecular complexity index is 452. The maximum Gasteiger partial charge on any atom is 0.253 e. The Labute approximate surface area is 123 Å². The third-order valence-corrected chi connectivity index (χ3v) is 4.34. The highest BCUT2D eigenvalue weighted by molar-refractivity contribution is 14.1. The van der Waals surface area contributed by atoms with Gasteiger partial charge < -0.3 is 10.6 Å². The summed E-state index contributed by atoms with van der Waals surface area (Å²) in [5.41, 5.74) is 7.22. The number of carbonyl (C=O) groups excluding carboxylic acids is 1. The monoisotopic (exact) mass is 360 g/mol. The molecule has 0 aliphatic carbocycles. The van der Waals surface area contributed by atoms with Crippen molar-refractivity contribution in [1.29, 1.82) is 0 Å². The molecule has 0 bridgehead atoms. The molecular weight excluding hydrogens is 339 g/mol. The Hall–Kier alpha value is -0.780. The molecule has 1 rings (SSSR count). The first-order valence-corrected chi connectivity index (χ1v) is 7.04. The number of rotatable bonds is 2. The van der Waals surface area contributed by atoms with E-state index in [0.29, 0.717) is 11.3 Å². The van der Waals surface area contributed by atoms with E-state index >= 15 is 0 Å². The zero-order valence-electron chi connectivity index (χ0n) is 11.6. The average molecular weight is 360 g/mol. The van der Waals surface area contributed by atoms with Crippen LogP contribution in [0.3, 0.4) is 0 Å². The first-order valence-electron chi connectivity index (χ1n) is 5.96. The summed E-state index contributed by atoms with van der Waals surface area (Å²) in [7, 11) is 1.85. The molecule has 2 N–H and O–H groups in total. The third kappa shape index (κ3) is 3.37. The average Bonchev–Trinajstić information content (AvgIpc) is 2.28. The van der Waals surface area contributed by atoms with Gasteiger partial charge in [0, 0.05) is 27.9 Å². The van der Waals surface area contributed by atoms with E-state index in [1.807, 2.05) is 13.1 Å². The van der Waals surface area contributed by atoms with Crippen molar-refractivity contribution in [3.05, 3.63) is 27.3 Å². The van der Waals surface area contributed by atoms with Crippen molar-refractivity contribution in [2.45, 2.75) is 33.7 Å². The van der Waals surface area contributed by atoms with E-state index in [1.54, 1.807) is 17.0 Å². The molecule has 18 heavy (non-hydrogen) atoms. The van der Waals surface area contributed by atoms with Crippen LogP contribution in [-0.4, -0.2) is 23.9 Å². The lowest BCUT2D eigenvalue weighted by atomic mass is 9.87. The minimum Gasteiger partial charge on any atom is -0.398 e. The zero-order chi connectivity index (χ0) is 14.1. The smallest absolute Gasteiger partial charge is 0.253 e. The van der Waals surface area contributed by atoms with E-state index in [4.69, 9.17) is 5.73 Å². The summed E-state index contributed by atoms with van der Waals surface area (Å²) in [6, 6.07) is 5.57. The Balaban J connectivity index is 2.97. The Morgan fingerprint density at radius 3 is 2.39 bits per heavy atom. The van der Waals surface area contributed by atoms with Crippen LogP contribution in [0.4, 0.5) is 5.69 Å². The van der Waals surface area contributed by atoms with E-state index in [0.717, 1.165) is 3.57 Å². The van der Waals surface area contributed by atoms with Crippen LogP contribution in [0.25, 0.3) is 0 Å². The molecule has 1 unspecified atom stereocenters. The Morgan fingerprint density at radius 1 is 1.39 bits per heavy atom. The molecular formula is C14H21IN2O. The summed E-state index contributed by atoms with van der Waals surface area (Å²) in [5.74, 6) is 0.0374. The number of nitrogens with zero attached hydrogens (tertiary/aromatic N) is 1. The highest BCUT2D eigenvalue weighted by atomic mass is 127. The predicted molar refractivity (Wildman–Crippen MR) is 84.6 cm³/mol. The van der Waals surface area contributed by atoms with E-state index in [-0.39, 0.29) is 17.4 Å². The van der Waals surface area contributed by atoms with Crippen LogP contribution >= 0.6 is 22.6 Å². The van der Waals surface area contributed by atoms with Gasteiger partial charge in [0.1, 0.15) is 0 Å². The largest absolute Gasteiger partial charge is 0.398 e. The maximum atomic E-state index is 12.4. The molecule has 100 valence electrons. The van der Waals surface area contributed by atoms with Gasteiger partial charge in [-0.1, -0.05) is 20.8 Å². The van der Waals surface area contributed by atoms with Crippen LogP contribution in [0.5, 0.6) is 0 Å². The molecule has 0 radical (unpaired) electrons. The van der Waals surface area contributed by atoms with Crippen LogP contribution in [0.2, 0.25) is 0 Å². The summed E-state index contributed by atoms with van der Waals surface area (Å²) in [6.45, 7) is 8.47. The number of carbonyl (C=O) groups is 1. The zero-order valence-corrected chi connectivity index (χ0v) is 13.8. The van der Waals surface area contributed by atoms with Crippen molar-refractivity contribution in [3.63, 3.8) is 0 Å². The van der Waals surface area contributed by atoms with E-state index < -0.39 is 0 Å². The van der Waals surface area contributed by atoms with Gasteiger partial charge in [-0.15, -0.1) is 0 Å². The molecule has 0 aliphatic rings. The minimum atomic E-state index is 0.0374. The van der Waals surface area contributed by atoms with Gasteiger partial charge >= 0.3 is 0 Å². The standard InChI is InChI=1S/C14H21IN2O/c1-9(14(2,3)4)17(5)13(18)10-6-7-12(16)11(15)8-10/h6-9H,16H2,1-5H3. The van der Waals surface area contributed by atoms with Crippen LogP contribution in [0, 0.1) is 8.99 Å². The topological polar surface area (TPSA) is 46.3 Å². The lowest BCUT2D eigenvalue weighted by molar-refractivity contribution is 0.0629. The Morgan fingerprint density at radius 2 is 1.94 bits per heavy atom. The van der Waals surface area contributed by atoms with Crippen molar-refractivity contribution >= 4 is 34.2 Å². The molecule has 0 saturated carbocycles. The highest BCUT2D eigenvalue weighted by Gasteiger charge is 2.27. The summed E-state index contributed by atoms with van der Waals surface area (Å²) < 4.78 is 0.912. The van der Waals surface area contributed by atoms with Gasteiger partial charge in [-0.25, -0.2) is 0 Å². The second-order valence-corrected chi connectivity index (χ2v) is 6.86. The summed E-state index contributed by atoms with van der Waals surface area (Å²) in [5, 5.41) is 0. The number of benzene rings is 1. The maximum absolute atomic E-state index is 12.4. The van der Waals surface area contributed by atoms with Crippen molar-refractivity contribution in [1.82, 2.24) is 4.90 Å². The normalized spacial score (nSPS) is 13.2. The predicted octanol–water partition coefficient (Wildman–Crippen LogP) is 3.38. The molecule has 0 saturated heterocycles. The summed E-state index contributed by atoms with van der Waals surface area (Å²) >= 11 is 2.14. The fourth-order valence-corrected chi connectivity index (χ4v) is 2.14. The molecule has 0 spiro atoms. The van der Waals surface area contributed by atoms with Crippen molar-refractivity contribution in [3.8, 4) is 0 Å². The van der Waals surface area contributed by atoms with Gasteiger partial charge in [0.2, 0.25) is 0 Å². The van der Waals surface area contributed by atoms with Gasteiger partial charge in [-0.05, 0) is 53.1 Å². The molecule has 4 heteroatoms. The van der Waals surface area contributed by atoms with Crippen molar-refractivity contribution in [2.24, 2.45) is 5.41 Å². The first-order chi connectivity index (χ1) is 8.14. The van der Waals surface area contributed by atoms with Gasteiger partial charge in [0.05, 0.1) is 0 Å². The molecule has 1 atom stereocenters. The van der Waals surface area contributed by atoms with Crippen LogP contribution in [-0.2, 0) is 0 Å². The lowest BCUT2D eigenvalue weighted by Crippen LogP contribution is -2.43. The molecule has 0 aromatic heterocycles. The van der Waals surface area contributed by atoms with Gasteiger partial charge in [-0.3, -0.25) is 4.79 Å². The highest BCUT2D eigenvalue weighted by Crippen LogP contribution is 2.25. The molecule has 0 aliphatic heterocycles. The number of anilines is 1. The molecule has 0 fully saturated rings. The third-order valence-electron chi connectivity index (χ3n) is 3.40. The van der Waals surface area contributed by atoms with Gasteiger partial charge in [0.25, 0.3) is 5.91 Å². The molecule has 1 aromatic carbocycles. The molecule has 3 nitrogen and oxygen atoms in total. The van der Waals surface area contributed by atoms with Crippen LogP contribution < -0.4 is 5.73 Å².